The smallest absolute Gasteiger partial charge is 0.170 e. The van der Waals surface area contributed by atoms with Gasteiger partial charge in [0.05, 0.1) is 30.0 Å². The summed E-state index contributed by atoms with van der Waals surface area (Å²) in [5.41, 5.74) is -1.54. The average Bonchev–Trinajstić information content (AvgIpc) is 2.86. The van der Waals surface area contributed by atoms with E-state index in [9.17, 15) is 10.2 Å². The normalized spacial score (nSPS) is 21.2. The highest BCUT2D eigenvalue weighted by atomic mass is 16.6. The third-order valence-electron chi connectivity index (χ3n) is 9.91. The maximum absolute atomic E-state index is 11.8. The molecule has 0 saturated heterocycles. The molecule has 0 aromatic carbocycles. The summed E-state index contributed by atoms with van der Waals surface area (Å²) in [4.78, 5) is 0. The van der Waals surface area contributed by atoms with Gasteiger partial charge >= 0.3 is 0 Å². The first-order chi connectivity index (χ1) is 16.6. The fraction of sp³-hybridized carbons (Fsp3) is 1.00. The Bertz CT molecular complexity index is 590. The number of hydrogen-bond acceptors (Lipinski definition) is 5. The van der Waals surface area contributed by atoms with Crippen molar-refractivity contribution in [2.75, 3.05) is 13.2 Å². The third-order valence-corrected chi connectivity index (χ3v) is 9.91. The molecule has 0 fully saturated rings. The van der Waals surface area contributed by atoms with E-state index in [-0.39, 0.29) is 23.2 Å². The predicted molar refractivity (Wildman–Crippen MR) is 152 cm³/mol. The Kier molecular flexibility index (Phi) is 15.3. The van der Waals surface area contributed by atoms with Gasteiger partial charge in [-0.1, -0.05) is 55.4 Å². The lowest BCUT2D eigenvalue weighted by molar-refractivity contribution is -0.292. The Morgan fingerprint density at radius 2 is 1.25 bits per heavy atom. The molecule has 0 aliphatic heterocycles. The predicted octanol–water partition coefficient (Wildman–Crippen LogP) is 8.04. The van der Waals surface area contributed by atoms with Gasteiger partial charge in [0.2, 0.25) is 0 Å². The van der Waals surface area contributed by atoms with Gasteiger partial charge in [-0.2, -0.15) is 0 Å². The molecule has 0 aliphatic carbocycles. The van der Waals surface area contributed by atoms with Crippen LogP contribution in [0, 0.1) is 10.8 Å². The average molecular weight is 517 g/mol. The zero-order chi connectivity index (χ0) is 28.3. The molecular formula is C31H64O5. The first-order valence-corrected chi connectivity index (χ1v) is 15.0. The summed E-state index contributed by atoms with van der Waals surface area (Å²) in [5.74, 6) is -1.27. The lowest BCUT2D eigenvalue weighted by Crippen LogP contribution is -2.53. The molecule has 0 radical (unpaired) electrons. The first kappa shape index (κ1) is 35.8. The van der Waals surface area contributed by atoms with Gasteiger partial charge in [0.25, 0.3) is 0 Å². The van der Waals surface area contributed by atoms with Crippen LogP contribution >= 0.6 is 0 Å². The van der Waals surface area contributed by atoms with Crippen molar-refractivity contribution in [1.29, 1.82) is 0 Å². The molecule has 0 aromatic rings. The zero-order valence-electron chi connectivity index (χ0n) is 26.3. The number of ether oxygens (including phenoxy) is 3. The zero-order valence-corrected chi connectivity index (χ0v) is 26.3. The van der Waals surface area contributed by atoms with E-state index in [1.54, 1.807) is 0 Å². The Labute approximate surface area is 225 Å². The van der Waals surface area contributed by atoms with Gasteiger partial charge in [-0.05, 0) is 97.3 Å². The summed E-state index contributed by atoms with van der Waals surface area (Å²) in [6.45, 7) is 26.7. The molecule has 0 amide bonds. The highest BCUT2D eigenvalue weighted by Gasteiger charge is 2.50. The van der Waals surface area contributed by atoms with Crippen molar-refractivity contribution >= 4 is 0 Å². The van der Waals surface area contributed by atoms with Crippen molar-refractivity contribution in [3.8, 4) is 0 Å². The van der Waals surface area contributed by atoms with Crippen molar-refractivity contribution in [1.82, 2.24) is 0 Å². The van der Waals surface area contributed by atoms with Crippen LogP contribution in [0.3, 0.4) is 0 Å². The van der Waals surface area contributed by atoms with Crippen LogP contribution < -0.4 is 0 Å². The molecule has 5 nitrogen and oxygen atoms in total. The van der Waals surface area contributed by atoms with Crippen LogP contribution in [0.15, 0.2) is 0 Å². The molecule has 0 rings (SSSR count). The quantitative estimate of drug-likeness (QED) is 0.151. The third kappa shape index (κ3) is 9.22. The maximum Gasteiger partial charge on any atom is 0.170 e. The molecule has 0 bridgehead atoms. The van der Waals surface area contributed by atoms with Crippen LogP contribution in [0.5, 0.6) is 0 Å². The fourth-order valence-electron chi connectivity index (χ4n) is 5.60. The minimum Gasteiger partial charge on any atom is -0.390 e. The van der Waals surface area contributed by atoms with E-state index >= 15 is 0 Å². The highest BCUT2D eigenvalue weighted by molar-refractivity contribution is 4.96. The summed E-state index contributed by atoms with van der Waals surface area (Å²) < 4.78 is 19.2. The number of hydrogen-bond donors (Lipinski definition) is 2. The van der Waals surface area contributed by atoms with Crippen LogP contribution in [-0.2, 0) is 14.2 Å². The summed E-state index contributed by atoms with van der Waals surface area (Å²) in [6.07, 6.45) is 8.11. The fourth-order valence-corrected chi connectivity index (χ4v) is 5.60. The molecule has 6 unspecified atom stereocenters. The minimum absolute atomic E-state index is 0.0200. The van der Waals surface area contributed by atoms with E-state index < -0.39 is 16.8 Å². The molecule has 36 heavy (non-hydrogen) atoms. The van der Waals surface area contributed by atoms with Crippen LogP contribution in [0.2, 0.25) is 0 Å². The Morgan fingerprint density at radius 3 is 1.67 bits per heavy atom. The number of rotatable bonds is 21. The van der Waals surface area contributed by atoms with Crippen LogP contribution in [-0.4, -0.2) is 52.6 Å². The summed E-state index contributed by atoms with van der Waals surface area (Å²) >= 11 is 0. The highest BCUT2D eigenvalue weighted by Crippen LogP contribution is 2.49. The monoisotopic (exact) mass is 516 g/mol. The second-order valence-corrected chi connectivity index (χ2v) is 12.0. The largest absolute Gasteiger partial charge is 0.390 e. The molecule has 0 saturated carbocycles. The van der Waals surface area contributed by atoms with Gasteiger partial charge in [-0.15, -0.1) is 0 Å². The minimum atomic E-state index is -1.27. The Morgan fingerprint density at radius 1 is 0.667 bits per heavy atom. The van der Waals surface area contributed by atoms with Gasteiger partial charge < -0.3 is 24.4 Å². The molecule has 0 aromatic heterocycles. The van der Waals surface area contributed by atoms with Gasteiger partial charge in [0, 0.05) is 12.0 Å². The molecule has 218 valence electrons. The summed E-state index contributed by atoms with van der Waals surface area (Å²) in [6, 6.07) is 0. The first-order valence-electron chi connectivity index (χ1n) is 15.0. The standard InChI is InChI=1S/C31H64O5/c1-13-25(8)34-22-20-27(10,14-2)29(12,16-4)36-26(9)24-30(17-5,18-6)31(33,19-7)35-23-21-28(11,32)15-3/h25-26,32-33H,13-24H2,1-12H3. The molecule has 0 heterocycles. The van der Waals surface area contributed by atoms with Crippen molar-refractivity contribution in [3.05, 3.63) is 0 Å². The molecular weight excluding hydrogens is 452 g/mol. The van der Waals surface area contributed by atoms with Crippen molar-refractivity contribution < 1.29 is 24.4 Å². The van der Waals surface area contributed by atoms with E-state index in [4.69, 9.17) is 14.2 Å². The van der Waals surface area contributed by atoms with E-state index in [1.807, 2.05) is 20.8 Å². The van der Waals surface area contributed by atoms with E-state index in [2.05, 4.69) is 62.3 Å². The van der Waals surface area contributed by atoms with E-state index in [1.165, 1.54) is 0 Å². The topological polar surface area (TPSA) is 68.2 Å². The molecule has 2 N–H and O–H groups in total. The van der Waals surface area contributed by atoms with Crippen molar-refractivity contribution in [3.63, 3.8) is 0 Å². The van der Waals surface area contributed by atoms with Crippen LogP contribution in [0.4, 0.5) is 0 Å². The van der Waals surface area contributed by atoms with Crippen molar-refractivity contribution in [2.24, 2.45) is 10.8 Å². The molecule has 0 aliphatic rings. The maximum atomic E-state index is 11.8. The lowest BCUT2D eigenvalue weighted by atomic mass is 9.67. The van der Waals surface area contributed by atoms with E-state index in [0.717, 1.165) is 45.1 Å². The van der Waals surface area contributed by atoms with Gasteiger partial charge in [-0.25, -0.2) is 0 Å². The Balaban J connectivity index is 5.71. The molecule has 6 atom stereocenters. The van der Waals surface area contributed by atoms with Gasteiger partial charge in [0.15, 0.2) is 5.79 Å². The van der Waals surface area contributed by atoms with Crippen LogP contribution in [0.25, 0.3) is 0 Å². The van der Waals surface area contributed by atoms with E-state index in [0.29, 0.717) is 32.3 Å². The molecule has 5 heteroatoms. The van der Waals surface area contributed by atoms with Crippen molar-refractivity contribution in [2.45, 2.75) is 176 Å². The van der Waals surface area contributed by atoms with Crippen LogP contribution in [0.1, 0.15) is 147 Å². The second kappa shape index (κ2) is 15.4. The summed E-state index contributed by atoms with van der Waals surface area (Å²) in [5, 5.41) is 22.3. The number of aliphatic hydroxyl groups is 2. The molecule has 0 spiro atoms. The van der Waals surface area contributed by atoms with Gasteiger partial charge in [0.1, 0.15) is 0 Å². The second-order valence-electron chi connectivity index (χ2n) is 12.0. The van der Waals surface area contributed by atoms with Gasteiger partial charge in [-0.3, -0.25) is 0 Å². The summed E-state index contributed by atoms with van der Waals surface area (Å²) in [7, 11) is 0. The lowest BCUT2D eigenvalue weighted by Gasteiger charge is -2.51. The Hall–Kier alpha value is -0.200. The SMILES string of the molecule is CCC(C)OCCC(C)(CC)C(C)(CC)OC(C)CC(CC)(CC)C(O)(CC)OCCC(C)(O)CC.